The molecule has 3 nitrogen and oxygen atoms in total. The summed E-state index contributed by atoms with van der Waals surface area (Å²) in [6, 6.07) is 17.2. The molecule has 1 aliphatic rings. The van der Waals surface area contributed by atoms with E-state index in [0.717, 1.165) is 19.6 Å². The minimum Gasteiger partial charge on any atom is -0.508 e. The summed E-state index contributed by atoms with van der Waals surface area (Å²) in [5, 5.41) is 9.71. The second kappa shape index (κ2) is 7.82. The molecule has 0 amide bonds. The quantitative estimate of drug-likeness (QED) is 0.894. The molecule has 3 heteroatoms. The molecule has 3 rings (SSSR count). The van der Waals surface area contributed by atoms with E-state index in [9.17, 15) is 5.11 Å². The number of hydrogen-bond acceptors (Lipinski definition) is 3. The van der Waals surface area contributed by atoms with Crippen molar-refractivity contribution >= 4 is 0 Å². The first kappa shape index (κ1) is 17.0. The van der Waals surface area contributed by atoms with Crippen LogP contribution in [0.25, 0.3) is 0 Å². The van der Waals surface area contributed by atoms with E-state index >= 15 is 0 Å². The molecule has 2 aromatic carbocycles. The van der Waals surface area contributed by atoms with Gasteiger partial charge in [0.25, 0.3) is 0 Å². The maximum absolute atomic E-state index is 9.71. The number of nitrogens with zero attached hydrogens (tertiary/aromatic N) is 2. The lowest BCUT2D eigenvalue weighted by atomic mass is 9.94. The van der Waals surface area contributed by atoms with Crippen molar-refractivity contribution in [1.29, 1.82) is 0 Å². The van der Waals surface area contributed by atoms with Gasteiger partial charge < -0.3 is 10.0 Å². The first-order valence-corrected chi connectivity index (χ1v) is 8.87. The van der Waals surface area contributed by atoms with Crippen LogP contribution < -0.4 is 0 Å². The van der Waals surface area contributed by atoms with Crippen LogP contribution in [0, 0.1) is 0 Å². The normalized spacial score (nSPS) is 18.9. The molecule has 0 aromatic heterocycles. The van der Waals surface area contributed by atoms with Crippen LogP contribution in [0.3, 0.4) is 0 Å². The fraction of sp³-hybridized carbons (Fsp3) is 0.429. The largest absolute Gasteiger partial charge is 0.508 e. The number of aromatic hydroxyl groups is 1. The van der Waals surface area contributed by atoms with Crippen molar-refractivity contribution < 1.29 is 5.11 Å². The number of hydrogen-bond donors (Lipinski definition) is 1. The molecule has 24 heavy (non-hydrogen) atoms. The molecular weight excluding hydrogens is 296 g/mol. The van der Waals surface area contributed by atoms with E-state index in [0.29, 0.717) is 11.8 Å². The smallest absolute Gasteiger partial charge is 0.115 e. The summed E-state index contributed by atoms with van der Waals surface area (Å²) in [6.07, 6.45) is 3.76. The summed E-state index contributed by atoms with van der Waals surface area (Å²) in [4.78, 5) is 4.75. The summed E-state index contributed by atoms with van der Waals surface area (Å²) < 4.78 is 0. The van der Waals surface area contributed by atoms with Crippen LogP contribution in [0.4, 0.5) is 0 Å². The molecular formula is C21H28N2O. The molecule has 0 saturated carbocycles. The highest BCUT2D eigenvalue weighted by atomic mass is 16.3. The standard InChI is InChI=1S/C21H28N2O/c1-22(2)15-17-9-11-19(12-10-17)21-8-3-4-13-23(21)16-18-6-5-7-20(24)14-18/h5-7,9-12,14,21,24H,3-4,8,13,15-16H2,1-2H3. The Morgan fingerprint density at radius 2 is 1.83 bits per heavy atom. The van der Waals surface area contributed by atoms with Crippen LogP contribution >= 0.6 is 0 Å². The Morgan fingerprint density at radius 1 is 1.04 bits per heavy atom. The molecule has 0 bridgehead atoms. The molecule has 128 valence electrons. The summed E-state index contributed by atoms with van der Waals surface area (Å²) >= 11 is 0. The summed E-state index contributed by atoms with van der Waals surface area (Å²) in [5.41, 5.74) is 3.96. The predicted octanol–water partition coefficient (Wildman–Crippen LogP) is 4.18. The number of rotatable bonds is 5. The number of phenolic OH excluding ortho intramolecular Hbond substituents is 1. The molecule has 1 heterocycles. The van der Waals surface area contributed by atoms with Gasteiger partial charge in [-0.05, 0) is 62.3 Å². The van der Waals surface area contributed by atoms with Crippen LogP contribution in [-0.4, -0.2) is 35.5 Å². The highest BCUT2D eigenvalue weighted by molar-refractivity contribution is 5.28. The van der Waals surface area contributed by atoms with Gasteiger partial charge in [-0.2, -0.15) is 0 Å². The Balaban J connectivity index is 1.74. The molecule has 0 spiro atoms. The van der Waals surface area contributed by atoms with E-state index < -0.39 is 0 Å². The minimum absolute atomic E-state index is 0.356. The molecule has 1 fully saturated rings. The Bertz CT molecular complexity index is 651. The Hall–Kier alpha value is -1.84. The number of benzene rings is 2. The van der Waals surface area contributed by atoms with Crippen LogP contribution in [0.5, 0.6) is 5.75 Å². The van der Waals surface area contributed by atoms with E-state index in [2.05, 4.69) is 54.2 Å². The fourth-order valence-electron chi connectivity index (χ4n) is 3.66. The van der Waals surface area contributed by atoms with E-state index in [-0.39, 0.29) is 0 Å². The van der Waals surface area contributed by atoms with E-state index in [4.69, 9.17) is 0 Å². The lowest BCUT2D eigenvalue weighted by Crippen LogP contribution is -2.32. The van der Waals surface area contributed by atoms with Gasteiger partial charge in [-0.3, -0.25) is 4.90 Å². The van der Waals surface area contributed by atoms with Gasteiger partial charge in [0.15, 0.2) is 0 Å². The van der Waals surface area contributed by atoms with E-state index in [1.54, 1.807) is 6.07 Å². The molecule has 1 atom stereocenters. The highest BCUT2D eigenvalue weighted by Gasteiger charge is 2.24. The van der Waals surface area contributed by atoms with Gasteiger partial charge in [0.1, 0.15) is 5.75 Å². The van der Waals surface area contributed by atoms with Crippen molar-refractivity contribution in [1.82, 2.24) is 9.80 Å². The zero-order valence-electron chi connectivity index (χ0n) is 14.8. The van der Waals surface area contributed by atoms with Crippen LogP contribution in [-0.2, 0) is 13.1 Å². The number of likely N-dealkylation sites (tertiary alicyclic amines) is 1. The fourth-order valence-corrected chi connectivity index (χ4v) is 3.66. The lowest BCUT2D eigenvalue weighted by molar-refractivity contribution is 0.140. The van der Waals surface area contributed by atoms with Gasteiger partial charge in [0.2, 0.25) is 0 Å². The van der Waals surface area contributed by atoms with Crippen molar-refractivity contribution in [3.8, 4) is 5.75 Å². The molecule has 2 aromatic rings. The lowest BCUT2D eigenvalue weighted by Gasteiger charge is -2.36. The molecule has 0 radical (unpaired) electrons. The first-order valence-electron chi connectivity index (χ1n) is 8.87. The zero-order valence-corrected chi connectivity index (χ0v) is 14.8. The first-order chi connectivity index (χ1) is 11.6. The van der Waals surface area contributed by atoms with Gasteiger partial charge in [-0.15, -0.1) is 0 Å². The van der Waals surface area contributed by atoms with Gasteiger partial charge in [0.05, 0.1) is 0 Å². The van der Waals surface area contributed by atoms with Crippen molar-refractivity contribution in [3.05, 3.63) is 65.2 Å². The van der Waals surface area contributed by atoms with Crippen molar-refractivity contribution in [2.24, 2.45) is 0 Å². The molecule has 1 aliphatic heterocycles. The topological polar surface area (TPSA) is 26.7 Å². The Labute approximate surface area is 145 Å². The monoisotopic (exact) mass is 324 g/mol. The average Bonchev–Trinajstić information content (AvgIpc) is 2.56. The number of phenols is 1. The van der Waals surface area contributed by atoms with Gasteiger partial charge in [0, 0.05) is 19.1 Å². The maximum Gasteiger partial charge on any atom is 0.115 e. The second-order valence-corrected chi connectivity index (χ2v) is 7.13. The van der Waals surface area contributed by atoms with Crippen LogP contribution in [0.2, 0.25) is 0 Å². The highest BCUT2D eigenvalue weighted by Crippen LogP contribution is 2.32. The third kappa shape index (κ3) is 4.37. The molecule has 1 N–H and O–H groups in total. The number of piperidine rings is 1. The average molecular weight is 324 g/mol. The van der Waals surface area contributed by atoms with Crippen molar-refractivity contribution in [2.75, 3.05) is 20.6 Å². The van der Waals surface area contributed by atoms with Gasteiger partial charge in [-0.1, -0.05) is 42.8 Å². The Morgan fingerprint density at radius 3 is 2.54 bits per heavy atom. The van der Waals surface area contributed by atoms with Gasteiger partial charge >= 0.3 is 0 Å². The SMILES string of the molecule is CN(C)Cc1ccc(C2CCCCN2Cc2cccc(O)c2)cc1. The van der Waals surface area contributed by atoms with Crippen molar-refractivity contribution in [3.63, 3.8) is 0 Å². The third-order valence-corrected chi connectivity index (χ3v) is 4.77. The summed E-state index contributed by atoms with van der Waals surface area (Å²) in [7, 11) is 4.21. The van der Waals surface area contributed by atoms with E-state index in [1.807, 2.05) is 12.1 Å². The summed E-state index contributed by atoms with van der Waals surface area (Å²) in [5.74, 6) is 0.356. The molecule has 0 aliphatic carbocycles. The third-order valence-electron chi connectivity index (χ3n) is 4.77. The minimum atomic E-state index is 0.356. The van der Waals surface area contributed by atoms with Crippen LogP contribution in [0.15, 0.2) is 48.5 Å². The molecule has 1 unspecified atom stereocenters. The maximum atomic E-state index is 9.71. The molecule has 1 saturated heterocycles. The summed E-state index contributed by atoms with van der Waals surface area (Å²) in [6.45, 7) is 3.01. The predicted molar refractivity (Wildman–Crippen MR) is 98.9 cm³/mol. The second-order valence-electron chi connectivity index (χ2n) is 7.13. The Kier molecular flexibility index (Phi) is 5.54. The van der Waals surface area contributed by atoms with E-state index in [1.165, 1.54) is 36.0 Å². The zero-order chi connectivity index (χ0) is 16.9. The van der Waals surface area contributed by atoms with Crippen molar-refractivity contribution in [2.45, 2.75) is 38.4 Å². The van der Waals surface area contributed by atoms with Crippen LogP contribution in [0.1, 0.15) is 42.0 Å². The van der Waals surface area contributed by atoms with Gasteiger partial charge in [-0.25, -0.2) is 0 Å².